The third kappa shape index (κ3) is 5.15. The number of nitrogens with zero attached hydrogens (tertiary/aromatic N) is 3. The highest BCUT2D eigenvalue weighted by molar-refractivity contribution is 7.07. The Morgan fingerprint density at radius 1 is 1.03 bits per heavy atom. The van der Waals surface area contributed by atoms with Crippen LogP contribution >= 0.6 is 11.3 Å². The number of esters is 1. The smallest absolute Gasteiger partial charge is 0.338 e. The van der Waals surface area contributed by atoms with Crippen LogP contribution in [0.5, 0.6) is 5.75 Å². The maximum Gasteiger partial charge on any atom is 0.338 e. The maximum absolute atomic E-state index is 13.9. The van der Waals surface area contributed by atoms with Gasteiger partial charge in [0.1, 0.15) is 5.75 Å². The summed E-state index contributed by atoms with van der Waals surface area (Å²) in [6.07, 6.45) is 1.87. The summed E-state index contributed by atoms with van der Waals surface area (Å²) in [5, 5.41) is 0. The average molecular weight is 540 g/mol. The minimum absolute atomic E-state index is 0.201. The Bertz CT molecular complexity index is 1700. The van der Waals surface area contributed by atoms with Gasteiger partial charge in [0.2, 0.25) is 0 Å². The van der Waals surface area contributed by atoms with E-state index in [4.69, 9.17) is 14.5 Å². The second-order valence-electron chi connectivity index (χ2n) is 9.19. The molecule has 0 spiro atoms. The summed E-state index contributed by atoms with van der Waals surface area (Å²) < 4.78 is 13.0. The predicted molar refractivity (Wildman–Crippen MR) is 155 cm³/mol. The molecule has 0 N–H and O–H groups in total. The molecule has 0 saturated carbocycles. The average Bonchev–Trinajstić information content (AvgIpc) is 3.27. The summed E-state index contributed by atoms with van der Waals surface area (Å²) in [6.45, 7) is 1.97. The van der Waals surface area contributed by atoms with E-state index in [9.17, 15) is 9.59 Å². The SMILES string of the molecule is CCOC(=O)C1=C(c2ccccc2)N=c2s/c(=C\c3ccc(N(C)C)cc3)c(=O)n2[C@H]1c1ccc(OC)cc1. The molecule has 1 aliphatic rings. The topological polar surface area (TPSA) is 73.1 Å². The summed E-state index contributed by atoms with van der Waals surface area (Å²) in [7, 11) is 5.57. The van der Waals surface area contributed by atoms with Crippen molar-refractivity contribution in [1.29, 1.82) is 0 Å². The Morgan fingerprint density at radius 2 is 1.72 bits per heavy atom. The second-order valence-corrected chi connectivity index (χ2v) is 10.2. The maximum atomic E-state index is 13.9. The summed E-state index contributed by atoms with van der Waals surface area (Å²) in [6, 6.07) is 24.2. The zero-order valence-corrected chi connectivity index (χ0v) is 23.1. The largest absolute Gasteiger partial charge is 0.497 e. The van der Waals surface area contributed by atoms with Gasteiger partial charge >= 0.3 is 5.97 Å². The fraction of sp³-hybridized carbons (Fsp3) is 0.194. The van der Waals surface area contributed by atoms with Crippen molar-refractivity contribution >= 4 is 34.8 Å². The van der Waals surface area contributed by atoms with Gasteiger partial charge in [-0.05, 0) is 48.4 Å². The lowest BCUT2D eigenvalue weighted by atomic mass is 9.93. The number of thiazole rings is 1. The first-order valence-electron chi connectivity index (χ1n) is 12.6. The van der Waals surface area contributed by atoms with Crippen LogP contribution in [-0.4, -0.2) is 38.3 Å². The highest BCUT2D eigenvalue weighted by atomic mass is 32.1. The van der Waals surface area contributed by atoms with Gasteiger partial charge in [0.25, 0.3) is 5.56 Å². The summed E-state index contributed by atoms with van der Waals surface area (Å²) in [5.74, 6) is 0.173. The van der Waals surface area contributed by atoms with Crippen LogP contribution in [0.15, 0.2) is 94.2 Å². The molecular formula is C31H29N3O4S. The first-order valence-corrected chi connectivity index (χ1v) is 13.4. The minimum atomic E-state index is -0.723. The lowest BCUT2D eigenvalue weighted by Gasteiger charge is -2.26. The van der Waals surface area contributed by atoms with E-state index in [2.05, 4.69) is 0 Å². The molecule has 39 heavy (non-hydrogen) atoms. The van der Waals surface area contributed by atoms with Crippen molar-refractivity contribution in [2.75, 3.05) is 32.7 Å². The zero-order valence-electron chi connectivity index (χ0n) is 22.3. The van der Waals surface area contributed by atoms with Crippen LogP contribution in [0, 0.1) is 0 Å². The zero-order chi connectivity index (χ0) is 27.5. The number of hydrogen-bond acceptors (Lipinski definition) is 7. The van der Waals surface area contributed by atoms with Gasteiger partial charge in [-0.1, -0.05) is 65.9 Å². The van der Waals surface area contributed by atoms with Crippen molar-refractivity contribution in [2.45, 2.75) is 13.0 Å². The van der Waals surface area contributed by atoms with Gasteiger partial charge < -0.3 is 14.4 Å². The normalized spacial score (nSPS) is 15.0. The van der Waals surface area contributed by atoms with E-state index in [-0.39, 0.29) is 12.2 Å². The van der Waals surface area contributed by atoms with Crippen LogP contribution in [0.2, 0.25) is 0 Å². The quantitative estimate of drug-likeness (QED) is 0.332. The molecular weight excluding hydrogens is 510 g/mol. The molecule has 0 amide bonds. The van der Waals surface area contributed by atoms with Gasteiger partial charge in [-0.15, -0.1) is 0 Å². The Hall–Kier alpha value is -4.43. The number of anilines is 1. The lowest BCUT2D eigenvalue weighted by molar-refractivity contribution is -0.138. The molecule has 5 rings (SSSR count). The number of fused-ring (bicyclic) bond motifs is 1. The van der Waals surface area contributed by atoms with E-state index in [0.717, 1.165) is 22.4 Å². The molecule has 0 unspecified atom stereocenters. The van der Waals surface area contributed by atoms with Crippen LogP contribution in [0.25, 0.3) is 11.8 Å². The molecule has 0 aliphatic carbocycles. The molecule has 3 aromatic carbocycles. The number of methoxy groups -OCH3 is 1. The number of benzene rings is 3. The molecule has 0 bridgehead atoms. The molecule has 7 nitrogen and oxygen atoms in total. The molecule has 0 radical (unpaired) electrons. The van der Waals surface area contributed by atoms with Gasteiger partial charge in [0.15, 0.2) is 4.80 Å². The fourth-order valence-corrected chi connectivity index (χ4v) is 5.56. The first kappa shape index (κ1) is 26.2. The second kappa shape index (κ2) is 11.1. The van der Waals surface area contributed by atoms with Crippen molar-refractivity contribution in [3.63, 3.8) is 0 Å². The van der Waals surface area contributed by atoms with E-state index in [1.807, 2.05) is 104 Å². The molecule has 198 valence electrons. The van der Waals surface area contributed by atoms with Crippen molar-refractivity contribution in [3.8, 4) is 5.75 Å². The number of ether oxygens (including phenoxy) is 2. The van der Waals surface area contributed by atoms with Crippen molar-refractivity contribution in [1.82, 2.24) is 4.57 Å². The Balaban J connectivity index is 1.77. The molecule has 1 aromatic heterocycles. The van der Waals surface area contributed by atoms with Crippen LogP contribution in [0.1, 0.15) is 29.7 Å². The molecule has 1 atom stereocenters. The van der Waals surface area contributed by atoms with E-state index < -0.39 is 12.0 Å². The Labute approximate surface area is 230 Å². The first-order chi connectivity index (χ1) is 18.9. The predicted octanol–water partition coefficient (Wildman–Crippen LogP) is 4.01. The van der Waals surface area contributed by atoms with Crippen LogP contribution < -0.4 is 24.5 Å². The fourth-order valence-electron chi connectivity index (χ4n) is 4.56. The molecule has 1 aliphatic heterocycles. The van der Waals surface area contributed by atoms with Gasteiger partial charge in [-0.25, -0.2) is 9.79 Å². The summed E-state index contributed by atoms with van der Waals surface area (Å²) in [5.41, 5.74) is 4.10. The van der Waals surface area contributed by atoms with E-state index >= 15 is 0 Å². The van der Waals surface area contributed by atoms with E-state index in [1.54, 1.807) is 18.6 Å². The molecule has 4 aromatic rings. The molecule has 8 heteroatoms. The van der Waals surface area contributed by atoms with E-state index in [0.29, 0.717) is 26.4 Å². The monoisotopic (exact) mass is 539 g/mol. The summed E-state index contributed by atoms with van der Waals surface area (Å²) in [4.78, 5) is 34.9. The number of rotatable bonds is 7. The Morgan fingerprint density at radius 3 is 2.33 bits per heavy atom. The minimum Gasteiger partial charge on any atom is -0.497 e. The van der Waals surface area contributed by atoms with Crippen molar-refractivity contribution in [3.05, 3.63) is 121 Å². The van der Waals surface area contributed by atoms with Gasteiger partial charge in [-0.3, -0.25) is 9.36 Å². The van der Waals surface area contributed by atoms with Crippen molar-refractivity contribution in [2.24, 2.45) is 4.99 Å². The van der Waals surface area contributed by atoms with Crippen LogP contribution in [-0.2, 0) is 9.53 Å². The number of carbonyl (C=O) groups is 1. The standard InChI is InChI=1S/C31H29N3O4S/c1-5-38-30(36)26-27(21-9-7-6-8-10-21)32-31-34(28(26)22-13-17-24(37-4)18-14-22)29(35)25(39-31)19-20-11-15-23(16-12-20)33(2)3/h6-19,28H,5H2,1-4H3/b25-19-/t28-/m0/s1. The Kier molecular flexibility index (Phi) is 7.47. The number of carbonyl (C=O) groups excluding carboxylic acids is 1. The lowest BCUT2D eigenvalue weighted by Crippen LogP contribution is -2.40. The molecule has 2 heterocycles. The number of hydrogen-bond donors (Lipinski definition) is 0. The highest BCUT2D eigenvalue weighted by Crippen LogP contribution is 2.35. The molecule has 0 saturated heterocycles. The van der Waals surface area contributed by atoms with Crippen molar-refractivity contribution < 1.29 is 14.3 Å². The van der Waals surface area contributed by atoms with Crippen LogP contribution in [0.4, 0.5) is 5.69 Å². The highest BCUT2D eigenvalue weighted by Gasteiger charge is 2.35. The third-order valence-corrected chi connectivity index (χ3v) is 7.50. The van der Waals surface area contributed by atoms with E-state index in [1.165, 1.54) is 11.3 Å². The van der Waals surface area contributed by atoms with Gasteiger partial charge in [0.05, 0.1) is 35.6 Å². The van der Waals surface area contributed by atoms with Gasteiger partial charge in [0, 0.05) is 25.3 Å². The third-order valence-electron chi connectivity index (χ3n) is 6.51. The summed E-state index contributed by atoms with van der Waals surface area (Å²) >= 11 is 1.31. The number of aromatic nitrogens is 1. The van der Waals surface area contributed by atoms with Crippen LogP contribution in [0.3, 0.4) is 0 Å². The molecule has 0 fully saturated rings. The van der Waals surface area contributed by atoms with Gasteiger partial charge in [-0.2, -0.15) is 0 Å².